The number of aliphatic hydroxyl groups is 1. The maximum atomic E-state index is 12.9. The second-order valence-corrected chi connectivity index (χ2v) is 7.94. The molecule has 1 fully saturated rings. The van der Waals surface area contributed by atoms with Gasteiger partial charge in [0.05, 0.1) is 22.8 Å². The van der Waals surface area contributed by atoms with Gasteiger partial charge < -0.3 is 24.1 Å². The third-order valence-corrected chi connectivity index (χ3v) is 5.50. The van der Waals surface area contributed by atoms with Crippen LogP contribution in [0.3, 0.4) is 0 Å². The maximum absolute atomic E-state index is 12.9. The normalized spacial score (nSPS) is 23.7. The zero-order valence-electron chi connectivity index (χ0n) is 18.9. The third-order valence-electron chi connectivity index (χ3n) is 5.50. The zero-order chi connectivity index (χ0) is 24.8. The van der Waals surface area contributed by atoms with E-state index in [4.69, 9.17) is 18.9 Å². The van der Waals surface area contributed by atoms with Crippen LogP contribution in [0.1, 0.15) is 38.0 Å². The van der Waals surface area contributed by atoms with Crippen LogP contribution >= 0.6 is 0 Å². The van der Waals surface area contributed by atoms with Crippen LogP contribution in [-0.4, -0.2) is 53.7 Å². The minimum Gasteiger partial charge on any atom is -0.452 e. The van der Waals surface area contributed by atoms with Crippen LogP contribution in [0, 0.1) is 0 Å². The first-order valence-corrected chi connectivity index (χ1v) is 11.1. The number of ether oxygens (including phenoxy) is 4. The lowest BCUT2D eigenvalue weighted by atomic mass is 9.99. The molecular formula is C27H24O8. The summed E-state index contributed by atoms with van der Waals surface area (Å²) in [4.78, 5) is 38.4. The van der Waals surface area contributed by atoms with Crippen molar-refractivity contribution in [2.75, 3.05) is 0 Å². The highest BCUT2D eigenvalue weighted by molar-refractivity contribution is 5.91. The number of hydrogen-bond acceptors (Lipinski definition) is 8. The quantitative estimate of drug-likeness (QED) is 0.426. The smallest absolute Gasteiger partial charge is 0.340 e. The second kappa shape index (κ2) is 10.9. The molecule has 0 spiro atoms. The molecule has 1 N–H and O–H groups in total. The standard InChI is InChI=1S/C27H24O8/c1-17-21(28)22(33-24(29)18-11-5-2-6-12-18)23(34-25(30)19-13-7-3-8-14-19)27(32-17)35-26(31)20-15-9-4-10-16-20/h2-17,21-23,27-28H,1H3/t17-,21+,22+,23+,27+/m0/s1. The van der Waals surface area contributed by atoms with Gasteiger partial charge in [-0.1, -0.05) is 54.6 Å². The van der Waals surface area contributed by atoms with E-state index in [2.05, 4.69) is 0 Å². The molecule has 8 heteroatoms. The van der Waals surface area contributed by atoms with Gasteiger partial charge in [-0.05, 0) is 43.3 Å². The van der Waals surface area contributed by atoms with Crippen molar-refractivity contribution < 1.29 is 38.4 Å². The summed E-state index contributed by atoms with van der Waals surface area (Å²) in [6, 6.07) is 24.5. The van der Waals surface area contributed by atoms with Crippen molar-refractivity contribution in [2.45, 2.75) is 37.6 Å². The van der Waals surface area contributed by atoms with Crippen molar-refractivity contribution in [2.24, 2.45) is 0 Å². The Labute approximate surface area is 202 Å². The largest absolute Gasteiger partial charge is 0.452 e. The summed E-state index contributed by atoms with van der Waals surface area (Å²) in [6.45, 7) is 1.53. The van der Waals surface area contributed by atoms with Gasteiger partial charge in [-0.3, -0.25) is 0 Å². The molecule has 0 aromatic heterocycles. The summed E-state index contributed by atoms with van der Waals surface area (Å²) in [5.74, 6) is -2.23. The summed E-state index contributed by atoms with van der Waals surface area (Å²) in [7, 11) is 0. The SMILES string of the molecule is C[C@@H]1O[C@H](OC(=O)c2ccccc2)[C@H](OC(=O)c2ccccc2)[C@H](OC(=O)c2ccccc2)[C@@H]1O. The van der Waals surface area contributed by atoms with Crippen molar-refractivity contribution >= 4 is 17.9 Å². The van der Waals surface area contributed by atoms with E-state index in [1.54, 1.807) is 91.0 Å². The number of hydrogen-bond donors (Lipinski definition) is 1. The Bertz CT molecular complexity index is 1150. The van der Waals surface area contributed by atoms with Gasteiger partial charge in [0, 0.05) is 0 Å². The van der Waals surface area contributed by atoms with Gasteiger partial charge in [-0.2, -0.15) is 0 Å². The van der Waals surface area contributed by atoms with Crippen LogP contribution in [0.4, 0.5) is 0 Å². The highest BCUT2D eigenvalue weighted by atomic mass is 16.7. The molecule has 0 bridgehead atoms. The Kier molecular flexibility index (Phi) is 7.54. The molecule has 35 heavy (non-hydrogen) atoms. The number of esters is 3. The van der Waals surface area contributed by atoms with Gasteiger partial charge in [-0.25, -0.2) is 14.4 Å². The van der Waals surface area contributed by atoms with E-state index < -0.39 is 48.6 Å². The van der Waals surface area contributed by atoms with E-state index in [0.717, 1.165) is 0 Å². The fourth-order valence-electron chi connectivity index (χ4n) is 3.62. The van der Waals surface area contributed by atoms with E-state index in [1.165, 1.54) is 6.92 Å². The average molecular weight is 476 g/mol. The molecular weight excluding hydrogens is 452 g/mol. The average Bonchev–Trinajstić information content (AvgIpc) is 2.90. The Morgan fingerprint density at radius 2 is 1.00 bits per heavy atom. The van der Waals surface area contributed by atoms with E-state index >= 15 is 0 Å². The number of carbonyl (C=O) groups excluding carboxylic acids is 3. The molecule has 8 nitrogen and oxygen atoms in total. The van der Waals surface area contributed by atoms with Gasteiger partial charge in [0.2, 0.25) is 12.4 Å². The van der Waals surface area contributed by atoms with Crippen LogP contribution in [-0.2, 0) is 18.9 Å². The van der Waals surface area contributed by atoms with Crippen LogP contribution in [0.25, 0.3) is 0 Å². The van der Waals surface area contributed by atoms with Crippen LogP contribution in [0.15, 0.2) is 91.0 Å². The van der Waals surface area contributed by atoms with Crippen LogP contribution in [0.5, 0.6) is 0 Å². The second-order valence-electron chi connectivity index (χ2n) is 7.94. The molecule has 0 unspecified atom stereocenters. The lowest BCUT2D eigenvalue weighted by molar-refractivity contribution is -0.275. The van der Waals surface area contributed by atoms with E-state index in [-0.39, 0.29) is 16.7 Å². The molecule has 0 saturated carbocycles. The monoisotopic (exact) mass is 476 g/mol. The number of carbonyl (C=O) groups is 3. The fraction of sp³-hybridized carbons (Fsp3) is 0.222. The minimum absolute atomic E-state index is 0.224. The summed E-state index contributed by atoms with van der Waals surface area (Å²) < 4.78 is 22.4. The molecule has 180 valence electrons. The van der Waals surface area contributed by atoms with Gasteiger partial charge >= 0.3 is 17.9 Å². The lowest BCUT2D eigenvalue weighted by Gasteiger charge is -2.41. The van der Waals surface area contributed by atoms with Crippen molar-refractivity contribution in [3.63, 3.8) is 0 Å². The Morgan fingerprint density at radius 3 is 1.43 bits per heavy atom. The molecule has 1 aliphatic heterocycles. The molecule has 5 atom stereocenters. The lowest BCUT2D eigenvalue weighted by Crippen LogP contribution is -2.60. The van der Waals surface area contributed by atoms with Crippen LogP contribution in [0.2, 0.25) is 0 Å². The number of rotatable bonds is 6. The molecule has 1 aliphatic rings. The van der Waals surface area contributed by atoms with Crippen molar-refractivity contribution in [1.82, 2.24) is 0 Å². The van der Waals surface area contributed by atoms with Gasteiger partial charge in [0.1, 0.15) is 6.10 Å². The van der Waals surface area contributed by atoms with E-state index in [0.29, 0.717) is 0 Å². The molecule has 4 rings (SSSR count). The fourth-order valence-corrected chi connectivity index (χ4v) is 3.62. The molecule has 0 radical (unpaired) electrons. The van der Waals surface area contributed by atoms with Gasteiger partial charge in [0.25, 0.3) is 0 Å². The Balaban J connectivity index is 1.63. The highest BCUT2D eigenvalue weighted by Crippen LogP contribution is 2.29. The van der Waals surface area contributed by atoms with Crippen molar-refractivity contribution in [3.05, 3.63) is 108 Å². The summed E-state index contributed by atoms with van der Waals surface area (Å²) in [6.07, 6.45) is -6.50. The highest BCUT2D eigenvalue weighted by Gasteiger charge is 2.50. The molecule has 0 amide bonds. The van der Waals surface area contributed by atoms with Crippen molar-refractivity contribution in [1.29, 1.82) is 0 Å². The third kappa shape index (κ3) is 5.74. The summed E-state index contributed by atoms with van der Waals surface area (Å²) in [5, 5.41) is 10.8. The van der Waals surface area contributed by atoms with Crippen LogP contribution < -0.4 is 0 Å². The first-order chi connectivity index (χ1) is 16.9. The maximum Gasteiger partial charge on any atom is 0.340 e. The first kappa shape index (κ1) is 24.1. The number of benzene rings is 3. The predicted molar refractivity (Wildman–Crippen MR) is 123 cm³/mol. The van der Waals surface area contributed by atoms with Gasteiger partial charge in [-0.15, -0.1) is 0 Å². The minimum atomic E-state index is -1.44. The predicted octanol–water partition coefficient (Wildman–Crippen LogP) is 3.40. The zero-order valence-corrected chi connectivity index (χ0v) is 18.9. The molecule has 3 aromatic rings. The molecule has 0 aliphatic carbocycles. The van der Waals surface area contributed by atoms with E-state index in [1.807, 2.05) is 0 Å². The Morgan fingerprint density at radius 1 is 0.629 bits per heavy atom. The number of aliphatic hydroxyl groups excluding tert-OH is 1. The van der Waals surface area contributed by atoms with E-state index in [9.17, 15) is 19.5 Å². The summed E-state index contributed by atoms with van der Waals surface area (Å²) in [5.41, 5.74) is 0.715. The summed E-state index contributed by atoms with van der Waals surface area (Å²) >= 11 is 0. The topological polar surface area (TPSA) is 108 Å². The molecule has 1 heterocycles. The Hall–Kier alpha value is -4.01. The molecule has 3 aromatic carbocycles. The molecule has 1 saturated heterocycles. The first-order valence-electron chi connectivity index (χ1n) is 11.1. The van der Waals surface area contributed by atoms with Gasteiger partial charge in [0.15, 0.2) is 6.10 Å². The van der Waals surface area contributed by atoms with Crippen molar-refractivity contribution in [3.8, 4) is 0 Å².